The highest BCUT2D eigenvalue weighted by Crippen LogP contribution is 2.26. The lowest BCUT2D eigenvalue weighted by Crippen LogP contribution is -2.48. The second-order valence-electron chi connectivity index (χ2n) is 4.21. The molecule has 0 aliphatic heterocycles. The molecule has 3 N–H and O–H groups in total. The Kier molecular flexibility index (Phi) is 6.18. The summed E-state index contributed by atoms with van der Waals surface area (Å²) in [5, 5.41) is 14.4. The second kappa shape index (κ2) is 7.42. The van der Waals surface area contributed by atoms with Crippen molar-refractivity contribution in [2.45, 2.75) is 43.4 Å². The van der Waals surface area contributed by atoms with E-state index in [4.69, 9.17) is 5.11 Å². The third-order valence-corrected chi connectivity index (χ3v) is 4.12. The van der Waals surface area contributed by atoms with Crippen LogP contribution >= 0.6 is 11.8 Å². The number of nitrogens with one attached hydrogen (secondary N) is 2. The highest BCUT2D eigenvalue weighted by atomic mass is 32.2. The number of rotatable bonds is 5. The average Bonchev–Trinajstić information content (AvgIpc) is 2.29. The standard InChI is InChI=1S/C11H20N2O3S/c1-17-9-5-3-2-4-8(9)13-11(16)12-7-6-10(14)15/h8-9H,2-7H2,1H3,(H,14,15)(H2,12,13,16). The highest BCUT2D eigenvalue weighted by Gasteiger charge is 2.25. The first-order valence-electron chi connectivity index (χ1n) is 5.92. The molecule has 1 aliphatic rings. The smallest absolute Gasteiger partial charge is 0.315 e. The van der Waals surface area contributed by atoms with E-state index in [-0.39, 0.29) is 25.0 Å². The van der Waals surface area contributed by atoms with Crippen LogP contribution in [0.5, 0.6) is 0 Å². The zero-order chi connectivity index (χ0) is 12.7. The topological polar surface area (TPSA) is 78.4 Å². The number of hydrogen-bond donors (Lipinski definition) is 3. The van der Waals surface area contributed by atoms with Gasteiger partial charge in [0.1, 0.15) is 0 Å². The fraction of sp³-hybridized carbons (Fsp3) is 0.818. The van der Waals surface area contributed by atoms with Gasteiger partial charge in [-0.2, -0.15) is 11.8 Å². The molecule has 6 heteroatoms. The summed E-state index contributed by atoms with van der Waals surface area (Å²) in [6.07, 6.45) is 6.55. The van der Waals surface area contributed by atoms with Gasteiger partial charge in [0.15, 0.2) is 0 Å². The van der Waals surface area contributed by atoms with Crippen LogP contribution in [0.3, 0.4) is 0 Å². The van der Waals surface area contributed by atoms with Crippen LogP contribution in [0.25, 0.3) is 0 Å². The Balaban J connectivity index is 2.26. The molecule has 2 unspecified atom stereocenters. The van der Waals surface area contributed by atoms with Crippen LogP contribution in [-0.2, 0) is 4.79 Å². The van der Waals surface area contributed by atoms with Gasteiger partial charge < -0.3 is 15.7 Å². The molecular formula is C11H20N2O3S. The molecule has 0 radical (unpaired) electrons. The lowest BCUT2D eigenvalue weighted by atomic mass is 9.95. The molecule has 5 nitrogen and oxygen atoms in total. The molecule has 1 fully saturated rings. The molecular weight excluding hydrogens is 240 g/mol. The molecule has 0 aromatic heterocycles. The Morgan fingerprint density at radius 3 is 2.71 bits per heavy atom. The number of carboxylic acid groups (broad SMARTS) is 1. The van der Waals surface area contributed by atoms with E-state index in [1.54, 1.807) is 11.8 Å². The van der Waals surface area contributed by atoms with Crippen molar-refractivity contribution in [1.29, 1.82) is 0 Å². The van der Waals surface area contributed by atoms with E-state index in [0.29, 0.717) is 5.25 Å². The summed E-state index contributed by atoms with van der Waals surface area (Å²) in [5.74, 6) is -0.898. The van der Waals surface area contributed by atoms with Crippen molar-refractivity contribution < 1.29 is 14.7 Å². The van der Waals surface area contributed by atoms with Crippen LogP contribution in [0.4, 0.5) is 4.79 Å². The minimum atomic E-state index is -0.898. The summed E-state index contributed by atoms with van der Waals surface area (Å²) < 4.78 is 0. The van der Waals surface area contributed by atoms with Crippen molar-refractivity contribution in [3.63, 3.8) is 0 Å². The Morgan fingerprint density at radius 2 is 2.06 bits per heavy atom. The lowest BCUT2D eigenvalue weighted by molar-refractivity contribution is -0.136. The summed E-state index contributed by atoms with van der Waals surface area (Å²) >= 11 is 1.79. The van der Waals surface area contributed by atoms with Crippen molar-refractivity contribution in [2.75, 3.05) is 12.8 Å². The number of aliphatic carboxylic acids is 1. The zero-order valence-corrected chi connectivity index (χ0v) is 10.9. The van der Waals surface area contributed by atoms with Crippen LogP contribution in [0.1, 0.15) is 32.1 Å². The van der Waals surface area contributed by atoms with Crippen LogP contribution in [0, 0.1) is 0 Å². The SMILES string of the molecule is CSC1CCCCC1NC(=O)NCCC(=O)O. The molecule has 2 amide bonds. The van der Waals surface area contributed by atoms with Gasteiger partial charge in [0, 0.05) is 17.8 Å². The Hall–Kier alpha value is -0.910. The zero-order valence-electron chi connectivity index (χ0n) is 10.1. The van der Waals surface area contributed by atoms with E-state index < -0.39 is 5.97 Å². The molecule has 2 atom stereocenters. The van der Waals surface area contributed by atoms with E-state index >= 15 is 0 Å². The summed E-state index contributed by atoms with van der Waals surface area (Å²) in [6, 6.07) is -0.0409. The van der Waals surface area contributed by atoms with Crippen LogP contribution in [0.15, 0.2) is 0 Å². The van der Waals surface area contributed by atoms with Gasteiger partial charge >= 0.3 is 12.0 Å². The normalized spacial score (nSPS) is 24.1. The number of amides is 2. The number of hydrogen-bond acceptors (Lipinski definition) is 3. The van der Waals surface area contributed by atoms with Gasteiger partial charge in [-0.3, -0.25) is 4.79 Å². The van der Waals surface area contributed by atoms with Crippen molar-refractivity contribution in [1.82, 2.24) is 10.6 Å². The highest BCUT2D eigenvalue weighted by molar-refractivity contribution is 7.99. The fourth-order valence-corrected chi connectivity index (χ4v) is 2.98. The van der Waals surface area contributed by atoms with Crippen molar-refractivity contribution in [3.05, 3.63) is 0 Å². The number of carbonyl (C=O) groups excluding carboxylic acids is 1. The fourth-order valence-electron chi connectivity index (χ4n) is 2.05. The van der Waals surface area contributed by atoms with Gasteiger partial charge in [-0.25, -0.2) is 4.79 Å². The first kappa shape index (κ1) is 14.2. The molecule has 98 valence electrons. The van der Waals surface area contributed by atoms with Crippen LogP contribution in [-0.4, -0.2) is 41.2 Å². The predicted octanol–water partition coefficient (Wildman–Crippen LogP) is 1.43. The Labute approximate surface area is 106 Å². The maximum atomic E-state index is 11.5. The number of thioether (sulfide) groups is 1. The van der Waals surface area contributed by atoms with Crippen LogP contribution < -0.4 is 10.6 Å². The summed E-state index contributed by atoms with van der Waals surface area (Å²) in [5.41, 5.74) is 0. The largest absolute Gasteiger partial charge is 0.481 e. The molecule has 1 rings (SSSR count). The van der Waals surface area contributed by atoms with Crippen molar-refractivity contribution in [2.24, 2.45) is 0 Å². The molecule has 0 heterocycles. The summed E-state index contributed by atoms with van der Waals surface area (Å²) in [6.45, 7) is 0.178. The molecule has 1 aliphatic carbocycles. The van der Waals surface area contributed by atoms with E-state index in [2.05, 4.69) is 16.9 Å². The van der Waals surface area contributed by atoms with E-state index in [1.807, 2.05) is 0 Å². The number of carboxylic acids is 1. The van der Waals surface area contributed by atoms with Gasteiger partial charge in [-0.1, -0.05) is 12.8 Å². The molecule has 0 aromatic rings. The van der Waals surface area contributed by atoms with Gasteiger partial charge in [0.2, 0.25) is 0 Å². The third kappa shape index (κ3) is 5.30. The molecule has 17 heavy (non-hydrogen) atoms. The molecule has 0 aromatic carbocycles. The van der Waals surface area contributed by atoms with Crippen LogP contribution in [0.2, 0.25) is 0 Å². The van der Waals surface area contributed by atoms with Gasteiger partial charge in [-0.05, 0) is 19.1 Å². The third-order valence-electron chi connectivity index (χ3n) is 2.95. The van der Waals surface area contributed by atoms with Crippen molar-refractivity contribution in [3.8, 4) is 0 Å². The number of urea groups is 1. The molecule has 1 saturated carbocycles. The molecule has 0 saturated heterocycles. The monoisotopic (exact) mass is 260 g/mol. The minimum absolute atomic E-state index is 0.0377. The Morgan fingerprint density at radius 1 is 1.35 bits per heavy atom. The summed E-state index contributed by atoms with van der Waals surface area (Å²) in [4.78, 5) is 21.8. The van der Waals surface area contributed by atoms with Gasteiger partial charge in [0.25, 0.3) is 0 Å². The van der Waals surface area contributed by atoms with Gasteiger partial charge in [-0.15, -0.1) is 0 Å². The maximum absolute atomic E-state index is 11.5. The minimum Gasteiger partial charge on any atom is -0.481 e. The van der Waals surface area contributed by atoms with Gasteiger partial charge in [0.05, 0.1) is 6.42 Å². The summed E-state index contributed by atoms with van der Waals surface area (Å²) in [7, 11) is 0. The van der Waals surface area contributed by atoms with E-state index in [1.165, 1.54) is 6.42 Å². The second-order valence-corrected chi connectivity index (χ2v) is 5.29. The first-order chi connectivity index (χ1) is 8.13. The Bertz CT molecular complexity index is 273. The first-order valence-corrected chi connectivity index (χ1v) is 7.21. The number of carbonyl (C=O) groups is 2. The molecule has 0 spiro atoms. The van der Waals surface area contributed by atoms with Crippen molar-refractivity contribution >= 4 is 23.8 Å². The maximum Gasteiger partial charge on any atom is 0.315 e. The molecule has 0 bridgehead atoms. The quantitative estimate of drug-likeness (QED) is 0.699. The van der Waals surface area contributed by atoms with E-state index in [0.717, 1.165) is 19.3 Å². The average molecular weight is 260 g/mol. The van der Waals surface area contributed by atoms with E-state index in [9.17, 15) is 9.59 Å². The lowest BCUT2D eigenvalue weighted by Gasteiger charge is -2.30. The predicted molar refractivity (Wildman–Crippen MR) is 68.3 cm³/mol.